The Hall–Kier alpha value is -2.40. The van der Waals surface area contributed by atoms with Gasteiger partial charge in [0.05, 0.1) is 11.2 Å². The molecule has 5 nitrogen and oxygen atoms in total. The number of aromatic nitrogens is 1. The maximum Gasteiger partial charge on any atom is 0.262 e. The minimum absolute atomic E-state index is 0.00839. The summed E-state index contributed by atoms with van der Waals surface area (Å²) in [5, 5.41) is 10.4. The van der Waals surface area contributed by atoms with Crippen LogP contribution in [-0.4, -0.2) is 41.2 Å². The number of para-hydroxylation sites is 1. The van der Waals surface area contributed by atoms with Crippen LogP contribution in [0.5, 0.6) is 0 Å². The van der Waals surface area contributed by atoms with E-state index in [-0.39, 0.29) is 5.91 Å². The van der Waals surface area contributed by atoms with Gasteiger partial charge in [0.2, 0.25) is 0 Å². The van der Waals surface area contributed by atoms with Crippen LogP contribution >= 0.6 is 0 Å². The van der Waals surface area contributed by atoms with E-state index < -0.39 is 5.60 Å². The molecule has 0 spiro atoms. The Bertz CT molecular complexity index is 818. The van der Waals surface area contributed by atoms with E-state index in [0.717, 1.165) is 37.3 Å². The number of pyridine rings is 1. The molecule has 1 fully saturated rings. The molecule has 2 aliphatic heterocycles. The van der Waals surface area contributed by atoms with E-state index in [1.165, 1.54) is 5.56 Å². The van der Waals surface area contributed by atoms with Gasteiger partial charge in [-0.1, -0.05) is 18.2 Å². The molecule has 1 aromatic heterocycles. The number of rotatable bonds is 2. The Balaban J connectivity index is 1.63. The predicted octanol–water partition coefficient (Wildman–Crippen LogP) is 3.03. The van der Waals surface area contributed by atoms with Crippen molar-refractivity contribution in [2.45, 2.75) is 38.2 Å². The van der Waals surface area contributed by atoms with Crippen LogP contribution in [0.1, 0.15) is 42.1 Å². The monoisotopic (exact) mass is 351 g/mol. The van der Waals surface area contributed by atoms with Gasteiger partial charge >= 0.3 is 0 Å². The summed E-state index contributed by atoms with van der Waals surface area (Å²) < 4.78 is 0. The lowest BCUT2D eigenvalue weighted by Gasteiger charge is -2.26. The second-order valence-electron chi connectivity index (χ2n) is 7.55. The fourth-order valence-corrected chi connectivity index (χ4v) is 3.99. The lowest BCUT2D eigenvalue weighted by molar-refractivity contribution is 0.0481. The second kappa shape index (κ2) is 6.72. The number of nitrogens with zero attached hydrogens (tertiary/aromatic N) is 3. The highest BCUT2D eigenvalue weighted by Crippen LogP contribution is 2.31. The Labute approximate surface area is 154 Å². The summed E-state index contributed by atoms with van der Waals surface area (Å²) in [6, 6.07) is 11.8. The zero-order chi connectivity index (χ0) is 18.1. The number of benzene rings is 1. The van der Waals surface area contributed by atoms with Gasteiger partial charge in [-0.25, -0.2) is 4.98 Å². The molecule has 26 heavy (non-hydrogen) atoms. The van der Waals surface area contributed by atoms with Gasteiger partial charge in [-0.15, -0.1) is 0 Å². The molecule has 3 heterocycles. The quantitative estimate of drug-likeness (QED) is 0.904. The van der Waals surface area contributed by atoms with Gasteiger partial charge in [-0.05, 0) is 56.4 Å². The molecule has 0 saturated carbocycles. The van der Waals surface area contributed by atoms with Gasteiger partial charge < -0.3 is 14.9 Å². The van der Waals surface area contributed by atoms with Crippen molar-refractivity contribution in [3.8, 4) is 0 Å². The normalized spacial score (nSPS) is 22.8. The van der Waals surface area contributed by atoms with Crippen molar-refractivity contribution in [3.63, 3.8) is 0 Å². The van der Waals surface area contributed by atoms with Crippen molar-refractivity contribution >= 4 is 17.4 Å². The molecule has 1 saturated heterocycles. The summed E-state index contributed by atoms with van der Waals surface area (Å²) >= 11 is 0. The van der Waals surface area contributed by atoms with E-state index in [1.54, 1.807) is 6.20 Å². The largest absolute Gasteiger partial charge is 0.390 e. The number of hydrogen-bond donors (Lipinski definition) is 1. The first-order chi connectivity index (χ1) is 12.6. The van der Waals surface area contributed by atoms with E-state index in [1.807, 2.05) is 42.2 Å². The minimum atomic E-state index is -0.637. The number of anilines is 2. The molecule has 1 aromatic carbocycles. The highest BCUT2D eigenvalue weighted by atomic mass is 16.3. The van der Waals surface area contributed by atoms with Gasteiger partial charge in [-0.2, -0.15) is 0 Å². The van der Waals surface area contributed by atoms with Crippen molar-refractivity contribution in [2.75, 3.05) is 29.4 Å². The molecule has 4 rings (SSSR count). The van der Waals surface area contributed by atoms with Crippen LogP contribution in [0, 0.1) is 0 Å². The zero-order valence-electron chi connectivity index (χ0n) is 15.2. The standard InChI is InChI=1S/C21H25N3O2/c1-21(26)10-5-13-23(15-11-21)19-17(7-4-12-22-19)20(25)24-14-9-16-6-2-3-8-18(16)24/h2-4,6-8,12,26H,5,9-11,13-15H2,1H3. The van der Waals surface area contributed by atoms with E-state index in [2.05, 4.69) is 16.0 Å². The Kier molecular flexibility index (Phi) is 4.41. The SMILES string of the molecule is CC1(O)CCCN(c2ncccc2C(=O)N2CCc3ccccc32)CC1. The first kappa shape index (κ1) is 17.0. The minimum Gasteiger partial charge on any atom is -0.390 e. The number of carbonyl (C=O) groups excluding carboxylic acids is 1. The van der Waals surface area contributed by atoms with Crippen LogP contribution in [0.25, 0.3) is 0 Å². The molecule has 1 atom stereocenters. The molecule has 1 unspecified atom stereocenters. The summed E-state index contributed by atoms with van der Waals surface area (Å²) in [4.78, 5) is 21.8. The van der Waals surface area contributed by atoms with Gasteiger partial charge in [0.15, 0.2) is 0 Å². The van der Waals surface area contributed by atoms with E-state index in [0.29, 0.717) is 25.1 Å². The first-order valence-electron chi connectivity index (χ1n) is 9.37. The van der Waals surface area contributed by atoms with Crippen molar-refractivity contribution in [1.29, 1.82) is 0 Å². The lowest BCUT2D eigenvalue weighted by Crippen LogP contribution is -2.33. The van der Waals surface area contributed by atoms with Gasteiger partial charge in [0, 0.05) is 31.5 Å². The third-order valence-electron chi connectivity index (χ3n) is 5.51. The van der Waals surface area contributed by atoms with E-state index in [4.69, 9.17) is 0 Å². The number of fused-ring (bicyclic) bond motifs is 1. The van der Waals surface area contributed by atoms with Crippen molar-refractivity contribution in [1.82, 2.24) is 4.98 Å². The highest BCUT2D eigenvalue weighted by molar-refractivity contribution is 6.10. The zero-order valence-corrected chi connectivity index (χ0v) is 15.2. The van der Waals surface area contributed by atoms with Crippen molar-refractivity contribution in [3.05, 3.63) is 53.7 Å². The van der Waals surface area contributed by atoms with Crippen LogP contribution in [0.4, 0.5) is 11.5 Å². The summed E-state index contributed by atoms with van der Waals surface area (Å²) in [5.41, 5.74) is 2.23. The van der Waals surface area contributed by atoms with Gasteiger partial charge in [-0.3, -0.25) is 4.79 Å². The molecule has 2 aromatic rings. The molecule has 1 N–H and O–H groups in total. The van der Waals surface area contributed by atoms with E-state index >= 15 is 0 Å². The molecule has 2 aliphatic rings. The molecule has 5 heteroatoms. The Morgan fingerprint density at radius 1 is 1.12 bits per heavy atom. The maximum atomic E-state index is 13.3. The Morgan fingerprint density at radius 3 is 2.85 bits per heavy atom. The van der Waals surface area contributed by atoms with Crippen LogP contribution in [0.15, 0.2) is 42.6 Å². The lowest BCUT2D eigenvalue weighted by atomic mass is 9.98. The van der Waals surface area contributed by atoms with Gasteiger partial charge in [0.1, 0.15) is 5.82 Å². The molecule has 1 amide bonds. The number of hydrogen-bond acceptors (Lipinski definition) is 4. The fourth-order valence-electron chi connectivity index (χ4n) is 3.99. The fraction of sp³-hybridized carbons (Fsp3) is 0.429. The van der Waals surface area contributed by atoms with Crippen molar-refractivity contribution in [2.24, 2.45) is 0 Å². The highest BCUT2D eigenvalue weighted by Gasteiger charge is 2.30. The average molecular weight is 351 g/mol. The smallest absolute Gasteiger partial charge is 0.262 e. The second-order valence-corrected chi connectivity index (χ2v) is 7.55. The number of amides is 1. The summed E-state index contributed by atoms with van der Waals surface area (Å²) in [7, 11) is 0. The predicted molar refractivity (Wildman–Crippen MR) is 103 cm³/mol. The Morgan fingerprint density at radius 2 is 1.96 bits per heavy atom. The van der Waals surface area contributed by atoms with Crippen molar-refractivity contribution < 1.29 is 9.90 Å². The maximum absolute atomic E-state index is 13.3. The molecule has 0 radical (unpaired) electrons. The summed E-state index contributed by atoms with van der Waals surface area (Å²) in [6.45, 7) is 4.12. The molecular weight excluding hydrogens is 326 g/mol. The third kappa shape index (κ3) is 3.19. The average Bonchev–Trinajstić information content (AvgIpc) is 2.99. The number of carbonyl (C=O) groups is 1. The summed E-state index contributed by atoms with van der Waals surface area (Å²) in [6.07, 6.45) is 4.99. The topological polar surface area (TPSA) is 56.7 Å². The van der Waals surface area contributed by atoms with Gasteiger partial charge in [0.25, 0.3) is 5.91 Å². The van der Waals surface area contributed by atoms with E-state index in [9.17, 15) is 9.90 Å². The summed E-state index contributed by atoms with van der Waals surface area (Å²) in [5.74, 6) is 0.744. The van der Waals surface area contributed by atoms with Crippen LogP contribution in [0.2, 0.25) is 0 Å². The third-order valence-corrected chi connectivity index (χ3v) is 5.51. The molecule has 0 aliphatic carbocycles. The van der Waals surface area contributed by atoms with Crippen LogP contribution in [0.3, 0.4) is 0 Å². The number of aliphatic hydroxyl groups is 1. The first-order valence-corrected chi connectivity index (χ1v) is 9.37. The molecule has 136 valence electrons. The van der Waals surface area contributed by atoms with Crippen LogP contribution in [-0.2, 0) is 6.42 Å². The van der Waals surface area contributed by atoms with Crippen LogP contribution < -0.4 is 9.80 Å². The molecule has 0 bridgehead atoms. The molecular formula is C21H25N3O2.